The molecule has 3 aromatic rings. The molecule has 0 radical (unpaired) electrons. The molecule has 0 bridgehead atoms. The number of aryl methyl sites for hydroxylation is 1. The summed E-state index contributed by atoms with van der Waals surface area (Å²) in [4.78, 5) is 15.3. The van der Waals surface area contributed by atoms with Gasteiger partial charge in [-0.3, -0.25) is 4.79 Å². The number of carbonyl (C=O) groups is 1. The molecule has 0 amide bonds. The average molecular weight is 269 g/mol. The van der Waals surface area contributed by atoms with Gasteiger partial charge in [0.2, 0.25) is 0 Å². The van der Waals surface area contributed by atoms with Crippen LogP contribution in [0.3, 0.4) is 0 Å². The summed E-state index contributed by atoms with van der Waals surface area (Å²) in [5.74, 6) is 1.69. The zero-order valence-electron chi connectivity index (χ0n) is 11.3. The number of oxazole rings is 1. The molecule has 2 aromatic heterocycles. The van der Waals surface area contributed by atoms with Gasteiger partial charge in [-0.15, -0.1) is 0 Å². The van der Waals surface area contributed by atoms with E-state index in [-0.39, 0.29) is 0 Å². The summed E-state index contributed by atoms with van der Waals surface area (Å²) in [5.41, 5.74) is 2.38. The fraction of sp³-hybridized carbons (Fsp3) is 0.250. The molecule has 0 aliphatic rings. The number of nitrogens with zero attached hydrogens (tertiary/aromatic N) is 1. The van der Waals surface area contributed by atoms with Crippen LogP contribution in [0.15, 0.2) is 39.2 Å². The Bertz CT molecular complexity index is 739. The van der Waals surface area contributed by atoms with Crippen molar-refractivity contribution in [3.05, 3.63) is 42.0 Å². The van der Waals surface area contributed by atoms with Crippen LogP contribution >= 0.6 is 0 Å². The van der Waals surface area contributed by atoms with Crippen molar-refractivity contribution in [1.29, 1.82) is 0 Å². The second-order valence-electron chi connectivity index (χ2n) is 4.68. The Morgan fingerprint density at radius 1 is 1.20 bits per heavy atom. The molecule has 0 N–H and O–H groups in total. The van der Waals surface area contributed by atoms with E-state index in [2.05, 4.69) is 11.9 Å². The van der Waals surface area contributed by atoms with Crippen molar-refractivity contribution in [2.24, 2.45) is 0 Å². The quantitative estimate of drug-likeness (QED) is 0.650. The number of unbranched alkanes of at least 4 members (excludes halogenated alkanes) is 1. The summed E-state index contributed by atoms with van der Waals surface area (Å²) in [6.45, 7) is 2.14. The van der Waals surface area contributed by atoms with Gasteiger partial charge < -0.3 is 8.83 Å². The van der Waals surface area contributed by atoms with E-state index in [0.29, 0.717) is 17.8 Å². The van der Waals surface area contributed by atoms with Crippen molar-refractivity contribution < 1.29 is 13.6 Å². The minimum absolute atomic E-state index is 0.312. The summed E-state index contributed by atoms with van der Waals surface area (Å²) < 4.78 is 11.2. The summed E-state index contributed by atoms with van der Waals surface area (Å²) in [5, 5.41) is 0. The smallest absolute Gasteiger partial charge is 0.195 e. The Kier molecular flexibility index (Phi) is 3.37. The van der Waals surface area contributed by atoms with Gasteiger partial charge in [-0.1, -0.05) is 19.4 Å². The molecule has 3 rings (SSSR count). The fourth-order valence-electron chi connectivity index (χ4n) is 2.19. The molecule has 0 aliphatic carbocycles. The maximum Gasteiger partial charge on any atom is 0.195 e. The zero-order valence-corrected chi connectivity index (χ0v) is 11.3. The van der Waals surface area contributed by atoms with E-state index in [1.54, 1.807) is 12.1 Å². The van der Waals surface area contributed by atoms with Crippen LogP contribution in [0.25, 0.3) is 22.4 Å². The van der Waals surface area contributed by atoms with E-state index >= 15 is 0 Å². The number of hydrogen-bond donors (Lipinski definition) is 0. The molecule has 0 spiro atoms. The first-order valence-corrected chi connectivity index (χ1v) is 6.75. The Balaban J connectivity index is 2.06. The van der Waals surface area contributed by atoms with Gasteiger partial charge in [0.15, 0.2) is 23.5 Å². The highest BCUT2D eigenvalue weighted by molar-refractivity contribution is 5.89. The normalized spacial score (nSPS) is 11.1. The number of rotatable bonds is 5. The van der Waals surface area contributed by atoms with Gasteiger partial charge >= 0.3 is 0 Å². The minimum Gasteiger partial charge on any atom is -0.453 e. The maximum atomic E-state index is 10.7. The zero-order chi connectivity index (χ0) is 13.9. The average Bonchev–Trinajstić information content (AvgIpc) is 3.10. The number of benzene rings is 1. The molecule has 0 fully saturated rings. The highest BCUT2D eigenvalue weighted by Crippen LogP contribution is 2.30. The first kappa shape index (κ1) is 12.7. The predicted molar refractivity (Wildman–Crippen MR) is 75.7 cm³/mol. The van der Waals surface area contributed by atoms with Gasteiger partial charge in [-0.2, -0.15) is 0 Å². The van der Waals surface area contributed by atoms with Gasteiger partial charge in [-0.05, 0) is 30.7 Å². The van der Waals surface area contributed by atoms with Crippen molar-refractivity contribution in [1.82, 2.24) is 4.98 Å². The highest BCUT2D eigenvalue weighted by Gasteiger charge is 2.13. The molecule has 0 atom stereocenters. The van der Waals surface area contributed by atoms with Crippen molar-refractivity contribution in [3.63, 3.8) is 0 Å². The van der Waals surface area contributed by atoms with E-state index < -0.39 is 0 Å². The van der Waals surface area contributed by atoms with Crippen LogP contribution < -0.4 is 0 Å². The standard InChI is InChI=1S/C16H15NO3/c1-2-3-7-15-17-16-12(5-4-6-14(16)20-15)13-9-8-11(10-18)19-13/h4-6,8-10H,2-3,7H2,1H3. The Morgan fingerprint density at radius 3 is 2.85 bits per heavy atom. The number of hydrogen-bond acceptors (Lipinski definition) is 4. The number of aldehydes is 1. The topological polar surface area (TPSA) is 56.2 Å². The first-order chi connectivity index (χ1) is 9.81. The lowest BCUT2D eigenvalue weighted by Gasteiger charge is -1.96. The number of para-hydroxylation sites is 1. The first-order valence-electron chi connectivity index (χ1n) is 6.75. The molecule has 1 aromatic carbocycles. The predicted octanol–water partition coefficient (Wildman–Crippen LogP) is 4.24. The van der Waals surface area contributed by atoms with Gasteiger partial charge in [0.1, 0.15) is 11.3 Å². The van der Waals surface area contributed by atoms with Crippen LogP contribution in [0.5, 0.6) is 0 Å². The third-order valence-corrected chi connectivity index (χ3v) is 3.22. The lowest BCUT2D eigenvalue weighted by molar-refractivity contribution is 0.110. The molecule has 4 nitrogen and oxygen atoms in total. The number of aromatic nitrogens is 1. The number of furan rings is 1. The summed E-state index contributed by atoms with van der Waals surface area (Å²) in [6.07, 6.45) is 3.69. The van der Waals surface area contributed by atoms with Gasteiger partial charge in [0, 0.05) is 12.0 Å². The SMILES string of the molecule is CCCCc1nc2c(-c3ccc(C=O)o3)cccc2o1. The van der Waals surface area contributed by atoms with Crippen LogP contribution in [-0.4, -0.2) is 11.3 Å². The molecule has 2 heterocycles. The highest BCUT2D eigenvalue weighted by atomic mass is 16.4. The van der Waals surface area contributed by atoms with E-state index in [1.807, 2.05) is 18.2 Å². The monoisotopic (exact) mass is 269 g/mol. The second-order valence-corrected chi connectivity index (χ2v) is 4.68. The molecule has 0 saturated heterocycles. The molecule has 0 aliphatic heterocycles. The lowest BCUT2D eigenvalue weighted by Crippen LogP contribution is -1.83. The number of carbonyl (C=O) groups excluding carboxylic acids is 1. The molecular formula is C16H15NO3. The van der Waals surface area contributed by atoms with Crippen LogP contribution in [0, 0.1) is 0 Å². The van der Waals surface area contributed by atoms with Crippen molar-refractivity contribution >= 4 is 17.4 Å². The van der Waals surface area contributed by atoms with Crippen LogP contribution in [0.4, 0.5) is 0 Å². The summed E-state index contributed by atoms with van der Waals surface area (Å²) in [6, 6.07) is 9.14. The Labute approximate surface area is 116 Å². The third kappa shape index (κ3) is 2.25. The van der Waals surface area contributed by atoms with Crippen molar-refractivity contribution in [2.45, 2.75) is 26.2 Å². The van der Waals surface area contributed by atoms with Crippen LogP contribution in [-0.2, 0) is 6.42 Å². The third-order valence-electron chi connectivity index (χ3n) is 3.22. The van der Waals surface area contributed by atoms with Crippen LogP contribution in [0.2, 0.25) is 0 Å². The minimum atomic E-state index is 0.312. The van der Waals surface area contributed by atoms with Gasteiger partial charge in [0.05, 0.1) is 0 Å². The molecule has 4 heteroatoms. The molecule has 20 heavy (non-hydrogen) atoms. The summed E-state index contributed by atoms with van der Waals surface area (Å²) >= 11 is 0. The fourth-order valence-corrected chi connectivity index (χ4v) is 2.19. The van der Waals surface area contributed by atoms with E-state index in [9.17, 15) is 4.79 Å². The largest absolute Gasteiger partial charge is 0.453 e. The molecular weight excluding hydrogens is 254 g/mol. The van der Waals surface area contributed by atoms with Crippen molar-refractivity contribution in [2.75, 3.05) is 0 Å². The van der Waals surface area contributed by atoms with Crippen molar-refractivity contribution in [3.8, 4) is 11.3 Å². The van der Waals surface area contributed by atoms with Crippen LogP contribution in [0.1, 0.15) is 36.2 Å². The number of fused-ring (bicyclic) bond motifs is 1. The van der Waals surface area contributed by atoms with E-state index in [0.717, 1.165) is 41.8 Å². The lowest BCUT2D eigenvalue weighted by atomic mass is 10.1. The summed E-state index contributed by atoms with van der Waals surface area (Å²) in [7, 11) is 0. The van der Waals surface area contributed by atoms with E-state index in [4.69, 9.17) is 8.83 Å². The second kappa shape index (κ2) is 5.33. The Hall–Kier alpha value is -2.36. The van der Waals surface area contributed by atoms with E-state index in [1.165, 1.54) is 0 Å². The van der Waals surface area contributed by atoms with Gasteiger partial charge in [-0.25, -0.2) is 4.98 Å². The van der Waals surface area contributed by atoms with Gasteiger partial charge in [0.25, 0.3) is 0 Å². The molecule has 0 saturated carbocycles. The Morgan fingerprint density at radius 2 is 2.10 bits per heavy atom. The maximum absolute atomic E-state index is 10.7. The molecule has 102 valence electrons. The molecule has 0 unspecified atom stereocenters.